The zero-order valence-corrected chi connectivity index (χ0v) is 27.7. The van der Waals surface area contributed by atoms with Crippen LogP contribution in [0.5, 0.6) is 5.75 Å². The number of benzene rings is 4. The van der Waals surface area contributed by atoms with Crippen LogP contribution in [-0.2, 0) is 42.1 Å². The molecule has 0 amide bonds. The second-order valence-electron chi connectivity index (χ2n) is 11.1. The molecule has 0 aliphatic rings. The Kier molecular flexibility index (Phi) is 16.1. The maximum absolute atomic E-state index is 8.63. The minimum Gasteiger partial charge on any atom is -0.508 e. The number of phenols is 1. The van der Waals surface area contributed by atoms with Gasteiger partial charge >= 0.3 is 0 Å². The van der Waals surface area contributed by atoms with Crippen LogP contribution in [0.15, 0.2) is 121 Å². The van der Waals surface area contributed by atoms with Crippen LogP contribution < -0.4 is 0 Å². The summed E-state index contributed by atoms with van der Waals surface area (Å²) in [7, 11) is 0. The van der Waals surface area contributed by atoms with E-state index in [4.69, 9.17) is 5.11 Å². The minimum absolute atomic E-state index is 0. The van der Waals surface area contributed by atoms with E-state index in [1.165, 1.54) is 16.7 Å². The Bertz CT molecular complexity index is 969. The van der Waals surface area contributed by atoms with Gasteiger partial charge in [0.1, 0.15) is 5.75 Å². The van der Waals surface area contributed by atoms with Gasteiger partial charge in [0.25, 0.3) is 0 Å². The van der Waals surface area contributed by atoms with Crippen molar-refractivity contribution in [2.45, 2.75) is 57.8 Å². The number of rotatable bonds is 3. The van der Waals surface area contributed by atoms with Crippen molar-refractivity contribution < 1.29 is 30.9 Å². The second kappa shape index (κ2) is 17.2. The zero-order chi connectivity index (χ0) is 28.0. The Labute approximate surface area is 252 Å². The van der Waals surface area contributed by atoms with E-state index in [1.807, 2.05) is 60.7 Å². The predicted octanol–water partition coefficient (Wildman–Crippen LogP) is 9.78. The third-order valence-corrected chi connectivity index (χ3v) is 5.42. The topological polar surface area (TPSA) is 20.2 Å². The number of aromatic hydroxyl groups is 1. The molecule has 0 atom stereocenters. The maximum atomic E-state index is 8.63. The first-order valence-electron chi connectivity index (χ1n) is 12.7. The molecule has 4 aromatic carbocycles. The summed E-state index contributed by atoms with van der Waals surface area (Å²) in [5, 5.41) is 8.63. The van der Waals surface area contributed by atoms with Crippen molar-refractivity contribution in [2.75, 3.05) is 0 Å². The van der Waals surface area contributed by atoms with Crippen LogP contribution in [0.25, 0.3) is 0 Å². The molecule has 2 heteroatoms. The predicted molar refractivity (Wildman–Crippen MR) is 163 cm³/mol. The van der Waals surface area contributed by atoms with Gasteiger partial charge in [-0.1, -0.05) is 167 Å². The van der Waals surface area contributed by atoms with Crippen LogP contribution in [0.4, 0.5) is 0 Å². The van der Waals surface area contributed by atoms with Crippen LogP contribution in [0, 0.1) is 20.8 Å². The van der Waals surface area contributed by atoms with E-state index < -0.39 is 0 Å². The molecule has 0 saturated heterocycles. The summed E-state index contributed by atoms with van der Waals surface area (Å²) < 4.78 is 0. The van der Waals surface area contributed by atoms with E-state index in [0.717, 1.165) is 0 Å². The van der Waals surface area contributed by atoms with E-state index >= 15 is 0 Å². The third-order valence-electron chi connectivity index (χ3n) is 5.42. The summed E-state index contributed by atoms with van der Waals surface area (Å²) in [5.41, 5.74) is 3.99. The van der Waals surface area contributed by atoms with Crippen molar-refractivity contribution in [3.05, 3.63) is 159 Å². The maximum Gasteiger partial charge on any atom is 0.115 e. The molecule has 38 heavy (non-hydrogen) atoms. The Morgan fingerprint density at radius 1 is 0.395 bits per heavy atom. The first kappa shape index (κ1) is 35.6. The SMILES string of the molecule is Oc1ccccc1.[CH2-]C(C)(C)c1ccccc1.[CH2-]C(C)(C)c1ccccc1.[CH2-]C(C)(C)c1ccccc1.[Hf]. The van der Waals surface area contributed by atoms with Crippen molar-refractivity contribution in [2.24, 2.45) is 0 Å². The van der Waals surface area contributed by atoms with Crippen molar-refractivity contribution in [3.8, 4) is 5.75 Å². The Morgan fingerprint density at radius 3 is 0.684 bits per heavy atom. The summed E-state index contributed by atoms with van der Waals surface area (Å²) in [6.45, 7) is 24.8. The van der Waals surface area contributed by atoms with Gasteiger partial charge in [-0.15, -0.1) is 16.2 Å². The molecule has 0 aliphatic heterocycles. The fourth-order valence-electron chi connectivity index (χ4n) is 3.10. The fraction of sp³-hybridized carbons (Fsp3) is 0.250. The molecule has 4 rings (SSSR count). The van der Waals surface area contributed by atoms with Gasteiger partial charge in [0, 0.05) is 25.8 Å². The summed E-state index contributed by atoms with van der Waals surface area (Å²) in [5.74, 6) is 0.322. The van der Waals surface area contributed by atoms with Crippen molar-refractivity contribution >= 4 is 0 Å². The molecule has 1 N–H and O–H groups in total. The molecule has 1 nitrogen and oxygen atoms in total. The van der Waals surface area contributed by atoms with Crippen LogP contribution in [-0.4, -0.2) is 5.11 Å². The van der Waals surface area contributed by atoms with Crippen LogP contribution in [0.2, 0.25) is 0 Å². The van der Waals surface area contributed by atoms with E-state index in [1.54, 1.807) is 24.3 Å². The molecule has 0 aliphatic carbocycles. The van der Waals surface area contributed by atoms with E-state index in [9.17, 15) is 0 Å². The molecular weight excluding hydrogens is 627 g/mol. The van der Waals surface area contributed by atoms with Gasteiger partial charge in [-0.3, -0.25) is 0 Å². The smallest absolute Gasteiger partial charge is 0.115 e. The zero-order valence-electron chi connectivity index (χ0n) is 24.1. The standard InChI is InChI=1S/3C10H13.C6H6O.Hf/c3*1-10(2,3)9-7-5-4-6-8-9;7-6-4-2-1-3-5-6;/h3*4-8H,1H2,2-3H3;1-5,7H;/q3*-1;;. The molecule has 0 unspecified atom stereocenters. The first-order chi connectivity index (χ1) is 17.2. The van der Waals surface area contributed by atoms with Gasteiger partial charge in [0.05, 0.1) is 0 Å². The molecule has 0 radical (unpaired) electrons. The van der Waals surface area contributed by atoms with E-state index in [-0.39, 0.29) is 42.1 Å². The normalized spacial score (nSPS) is 10.7. The molecule has 0 aromatic heterocycles. The third kappa shape index (κ3) is 15.7. The number of hydrogen-bond acceptors (Lipinski definition) is 1. The minimum atomic E-state index is 0. The van der Waals surface area contributed by atoms with Crippen LogP contribution >= 0.6 is 0 Å². The summed E-state index contributed by atoms with van der Waals surface area (Å²) in [6.07, 6.45) is 0. The Morgan fingerprint density at radius 2 is 0.579 bits per heavy atom. The van der Waals surface area contributed by atoms with Gasteiger partial charge in [-0.25, -0.2) is 0 Å². The summed E-state index contributed by atoms with van der Waals surface area (Å²) >= 11 is 0. The monoisotopic (exact) mass is 673 g/mol. The average molecular weight is 672 g/mol. The van der Waals surface area contributed by atoms with E-state index in [0.29, 0.717) is 5.75 Å². The molecule has 4 aromatic rings. The quantitative estimate of drug-likeness (QED) is 0.170. The van der Waals surface area contributed by atoms with Gasteiger partial charge in [-0.05, 0) is 12.1 Å². The Hall–Kier alpha value is -2.45. The summed E-state index contributed by atoms with van der Waals surface area (Å²) in [4.78, 5) is 0. The average Bonchev–Trinajstić information content (AvgIpc) is 2.86. The van der Waals surface area contributed by atoms with Gasteiger partial charge in [-0.2, -0.15) is 0 Å². The molecular formula is C36H45HfO-3. The fourth-order valence-corrected chi connectivity index (χ4v) is 3.10. The summed E-state index contributed by atoms with van der Waals surface area (Å²) in [6, 6.07) is 39.7. The van der Waals surface area contributed by atoms with E-state index in [2.05, 4.69) is 98.7 Å². The largest absolute Gasteiger partial charge is 0.508 e. The number of phenolic OH excluding ortho intramolecular Hbond substituents is 1. The number of para-hydroxylation sites is 1. The van der Waals surface area contributed by atoms with Gasteiger partial charge < -0.3 is 25.9 Å². The Balaban J connectivity index is 0.000000480. The molecule has 0 saturated carbocycles. The van der Waals surface area contributed by atoms with Gasteiger partial charge in [0.2, 0.25) is 0 Å². The molecule has 202 valence electrons. The van der Waals surface area contributed by atoms with Crippen molar-refractivity contribution in [1.82, 2.24) is 0 Å². The van der Waals surface area contributed by atoms with Crippen molar-refractivity contribution in [1.29, 1.82) is 0 Å². The molecule has 0 bridgehead atoms. The first-order valence-corrected chi connectivity index (χ1v) is 12.7. The van der Waals surface area contributed by atoms with Crippen LogP contribution in [0.1, 0.15) is 58.2 Å². The second-order valence-corrected chi connectivity index (χ2v) is 11.1. The van der Waals surface area contributed by atoms with Crippen LogP contribution in [0.3, 0.4) is 0 Å². The molecule has 0 spiro atoms. The molecule has 0 heterocycles. The van der Waals surface area contributed by atoms with Crippen molar-refractivity contribution in [3.63, 3.8) is 0 Å². The number of hydrogen-bond donors (Lipinski definition) is 1. The molecule has 0 fully saturated rings. The van der Waals surface area contributed by atoms with Gasteiger partial charge in [0.15, 0.2) is 0 Å².